The number of carbonyl (C=O) groups is 1. The summed E-state index contributed by atoms with van der Waals surface area (Å²) in [6.07, 6.45) is 2.18. The summed E-state index contributed by atoms with van der Waals surface area (Å²) < 4.78 is 32.5. The molecular weight excluding hydrogens is 316 g/mol. The van der Waals surface area contributed by atoms with Crippen LogP contribution in [0.3, 0.4) is 0 Å². The summed E-state index contributed by atoms with van der Waals surface area (Å²) in [6, 6.07) is 5.28. The lowest BCUT2D eigenvalue weighted by Crippen LogP contribution is -2.34. The first-order valence-corrected chi connectivity index (χ1v) is 9.32. The summed E-state index contributed by atoms with van der Waals surface area (Å²) >= 11 is 0. The van der Waals surface area contributed by atoms with Crippen molar-refractivity contribution in [2.45, 2.75) is 44.1 Å². The largest absolute Gasteiger partial charge is 0.376 e. The molecule has 1 saturated heterocycles. The van der Waals surface area contributed by atoms with E-state index in [-0.39, 0.29) is 29.9 Å². The number of benzene rings is 1. The van der Waals surface area contributed by atoms with Crippen molar-refractivity contribution < 1.29 is 17.9 Å². The number of hydrogen-bond acceptors (Lipinski definition) is 4. The summed E-state index contributed by atoms with van der Waals surface area (Å²) in [7, 11) is -3.59. The second-order valence-corrected chi connectivity index (χ2v) is 7.59. The number of amides is 1. The molecule has 1 aliphatic rings. The molecule has 1 heterocycles. The van der Waals surface area contributed by atoms with E-state index in [1.165, 1.54) is 0 Å². The van der Waals surface area contributed by atoms with Gasteiger partial charge in [0.2, 0.25) is 15.9 Å². The molecule has 1 atom stereocenters. The first-order valence-electron chi connectivity index (χ1n) is 7.84. The average Bonchev–Trinajstić information content (AvgIpc) is 3.00. The van der Waals surface area contributed by atoms with Crippen LogP contribution in [0.25, 0.3) is 0 Å². The zero-order chi connectivity index (χ0) is 16.9. The van der Waals surface area contributed by atoms with E-state index in [2.05, 4.69) is 10.0 Å². The number of ether oxygens (including phenoxy) is 1. The van der Waals surface area contributed by atoms with Crippen molar-refractivity contribution >= 4 is 15.9 Å². The third-order valence-electron chi connectivity index (χ3n) is 3.83. The molecule has 0 aliphatic carbocycles. The third-order valence-corrected chi connectivity index (χ3v) is 5.43. The molecule has 7 heteroatoms. The van der Waals surface area contributed by atoms with Gasteiger partial charge in [-0.1, -0.05) is 12.1 Å². The maximum Gasteiger partial charge on any atom is 0.240 e. The maximum atomic E-state index is 12.3. The third kappa shape index (κ3) is 5.30. The lowest BCUT2D eigenvalue weighted by molar-refractivity contribution is -0.121. The van der Waals surface area contributed by atoms with E-state index in [0.717, 1.165) is 25.0 Å². The van der Waals surface area contributed by atoms with Crippen LogP contribution in [0.5, 0.6) is 0 Å². The summed E-state index contributed by atoms with van der Waals surface area (Å²) in [5, 5.41) is 2.77. The summed E-state index contributed by atoms with van der Waals surface area (Å²) in [5.74, 6) is -0.177. The topological polar surface area (TPSA) is 84.5 Å². The fourth-order valence-electron chi connectivity index (χ4n) is 2.49. The molecule has 1 aromatic rings. The van der Waals surface area contributed by atoms with E-state index >= 15 is 0 Å². The highest BCUT2D eigenvalue weighted by Crippen LogP contribution is 2.16. The van der Waals surface area contributed by atoms with Crippen LogP contribution in [0.2, 0.25) is 0 Å². The van der Waals surface area contributed by atoms with Crippen LogP contribution in [-0.4, -0.2) is 40.1 Å². The van der Waals surface area contributed by atoms with Crippen LogP contribution in [0, 0.1) is 13.8 Å². The Morgan fingerprint density at radius 1 is 1.35 bits per heavy atom. The van der Waals surface area contributed by atoms with Gasteiger partial charge in [0.1, 0.15) is 0 Å². The molecular formula is C16H24N2O4S. The Morgan fingerprint density at radius 2 is 2.13 bits per heavy atom. The predicted octanol–water partition coefficient (Wildman–Crippen LogP) is 1.27. The van der Waals surface area contributed by atoms with Crippen LogP contribution in [0.1, 0.15) is 30.4 Å². The second kappa shape index (κ2) is 7.90. The second-order valence-electron chi connectivity index (χ2n) is 5.86. The highest BCUT2D eigenvalue weighted by Gasteiger charge is 2.18. The van der Waals surface area contributed by atoms with Crippen molar-refractivity contribution in [3.8, 4) is 0 Å². The summed E-state index contributed by atoms with van der Waals surface area (Å²) in [6.45, 7) is 4.91. The minimum Gasteiger partial charge on any atom is -0.376 e. The van der Waals surface area contributed by atoms with Gasteiger partial charge in [-0.25, -0.2) is 13.1 Å². The SMILES string of the molecule is Cc1ccc(C)c(S(=O)(=O)NCCC(=O)NCC2CCCO2)c1. The van der Waals surface area contributed by atoms with Crippen molar-refractivity contribution in [1.82, 2.24) is 10.0 Å². The fourth-order valence-corrected chi connectivity index (χ4v) is 3.85. The van der Waals surface area contributed by atoms with E-state index in [0.29, 0.717) is 12.1 Å². The van der Waals surface area contributed by atoms with Crippen molar-refractivity contribution in [3.63, 3.8) is 0 Å². The molecule has 1 aliphatic heterocycles. The molecule has 1 fully saturated rings. The molecule has 0 bridgehead atoms. The normalized spacial score (nSPS) is 18.1. The molecule has 128 valence electrons. The van der Waals surface area contributed by atoms with Crippen LogP contribution >= 0.6 is 0 Å². The van der Waals surface area contributed by atoms with Crippen molar-refractivity contribution in [2.24, 2.45) is 0 Å². The Bertz CT molecular complexity index is 652. The molecule has 0 spiro atoms. The molecule has 2 N–H and O–H groups in total. The molecule has 0 aromatic heterocycles. The van der Waals surface area contributed by atoms with Gasteiger partial charge in [-0.3, -0.25) is 4.79 Å². The number of nitrogens with one attached hydrogen (secondary N) is 2. The lowest BCUT2D eigenvalue weighted by Gasteiger charge is -2.12. The van der Waals surface area contributed by atoms with Gasteiger partial charge < -0.3 is 10.1 Å². The summed E-state index contributed by atoms with van der Waals surface area (Å²) in [4.78, 5) is 12.0. The van der Waals surface area contributed by atoms with Gasteiger partial charge >= 0.3 is 0 Å². The number of sulfonamides is 1. The Hall–Kier alpha value is -1.44. The number of rotatable bonds is 7. The van der Waals surface area contributed by atoms with Gasteiger partial charge in [-0.2, -0.15) is 0 Å². The molecule has 1 aromatic carbocycles. The minimum absolute atomic E-state index is 0.0765. The number of aryl methyl sites for hydroxylation is 2. The summed E-state index contributed by atoms with van der Waals surface area (Å²) in [5.41, 5.74) is 1.57. The van der Waals surface area contributed by atoms with Gasteiger partial charge in [0.25, 0.3) is 0 Å². The molecule has 2 rings (SSSR count). The minimum atomic E-state index is -3.59. The van der Waals surface area contributed by atoms with Gasteiger partial charge in [-0.15, -0.1) is 0 Å². The van der Waals surface area contributed by atoms with Crippen molar-refractivity contribution in [3.05, 3.63) is 29.3 Å². The van der Waals surface area contributed by atoms with Crippen LogP contribution in [-0.2, 0) is 19.6 Å². The molecule has 23 heavy (non-hydrogen) atoms. The predicted molar refractivity (Wildman–Crippen MR) is 87.7 cm³/mol. The zero-order valence-electron chi connectivity index (χ0n) is 13.6. The highest BCUT2D eigenvalue weighted by molar-refractivity contribution is 7.89. The van der Waals surface area contributed by atoms with Gasteiger partial charge in [0, 0.05) is 26.1 Å². The smallest absolute Gasteiger partial charge is 0.240 e. The quantitative estimate of drug-likeness (QED) is 0.783. The standard InChI is InChI=1S/C16H24N2O4S/c1-12-5-6-13(2)15(10-12)23(20,21)18-8-7-16(19)17-11-14-4-3-9-22-14/h5-6,10,14,18H,3-4,7-9,11H2,1-2H3,(H,17,19). The van der Waals surface area contributed by atoms with E-state index in [9.17, 15) is 13.2 Å². The van der Waals surface area contributed by atoms with Crippen LogP contribution in [0.4, 0.5) is 0 Å². The fraction of sp³-hybridized carbons (Fsp3) is 0.562. The Balaban J connectivity index is 1.80. The van der Waals surface area contributed by atoms with Crippen LogP contribution < -0.4 is 10.0 Å². The first-order chi connectivity index (χ1) is 10.9. The number of hydrogen-bond donors (Lipinski definition) is 2. The van der Waals surface area contributed by atoms with Gasteiger partial charge in [-0.05, 0) is 43.9 Å². The van der Waals surface area contributed by atoms with E-state index in [1.54, 1.807) is 19.1 Å². The Labute approximate surface area is 137 Å². The lowest BCUT2D eigenvalue weighted by atomic mass is 10.2. The van der Waals surface area contributed by atoms with E-state index < -0.39 is 10.0 Å². The van der Waals surface area contributed by atoms with Crippen molar-refractivity contribution in [1.29, 1.82) is 0 Å². The molecule has 1 unspecified atom stereocenters. The van der Waals surface area contributed by atoms with E-state index in [1.807, 2.05) is 13.0 Å². The average molecular weight is 340 g/mol. The van der Waals surface area contributed by atoms with E-state index in [4.69, 9.17) is 4.74 Å². The Morgan fingerprint density at radius 3 is 2.83 bits per heavy atom. The molecule has 1 amide bonds. The molecule has 0 saturated carbocycles. The van der Waals surface area contributed by atoms with Gasteiger partial charge in [0.05, 0.1) is 11.0 Å². The van der Waals surface area contributed by atoms with Crippen LogP contribution in [0.15, 0.2) is 23.1 Å². The number of carbonyl (C=O) groups excluding carboxylic acids is 1. The highest BCUT2D eigenvalue weighted by atomic mass is 32.2. The Kier molecular flexibility index (Phi) is 6.15. The molecule has 6 nitrogen and oxygen atoms in total. The first kappa shape index (κ1) is 17.9. The zero-order valence-corrected chi connectivity index (χ0v) is 14.4. The van der Waals surface area contributed by atoms with Gasteiger partial charge in [0.15, 0.2) is 0 Å². The molecule has 0 radical (unpaired) electrons. The monoisotopic (exact) mass is 340 g/mol. The maximum absolute atomic E-state index is 12.3. The van der Waals surface area contributed by atoms with Crippen molar-refractivity contribution in [2.75, 3.05) is 19.7 Å².